The number of amides is 1. The Bertz CT molecular complexity index is 504. The lowest BCUT2D eigenvalue weighted by Crippen LogP contribution is -2.42. The number of likely N-dealkylation sites (N-methyl/N-ethyl adjacent to an activating group) is 1. The predicted octanol–water partition coefficient (Wildman–Crippen LogP) is 1.67. The lowest BCUT2D eigenvalue weighted by molar-refractivity contribution is -0.142. The van der Waals surface area contributed by atoms with Crippen molar-refractivity contribution in [2.24, 2.45) is 5.92 Å². The Labute approximate surface area is 124 Å². The lowest BCUT2D eigenvalue weighted by Gasteiger charge is -2.25. The quantitative estimate of drug-likeness (QED) is 0.800. The topological polar surface area (TPSA) is 78.9 Å². The van der Waals surface area contributed by atoms with Gasteiger partial charge in [0.15, 0.2) is 0 Å². The van der Waals surface area contributed by atoms with E-state index in [0.717, 1.165) is 0 Å². The van der Waals surface area contributed by atoms with Gasteiger partial charge in [0.05, 0.1) is 24.8 Å². The number of carboxylic acids is 1. The van der Waals surface area contributed by atoms with Crippen LogP contribution in [-0.2, 0) is 9.59 Å². The van der Waals surface area contributed by atoms with Crippen LogP contribution in [0.1, 0.15) is 13.8 Å². The Morgan fingerprint density at radius 3 is 2.52 bits per heavy atom. The third kappa shape index (κ3) is 4.75. The Morgan fingerprint density at radius 1 is 1.33 bits per heavy atom. The average molecular weight is 294 g/mol. The normalized spacial score (nSPS) is 13.6. The summed E-state index contributed by atoms with van der Waals surface area (Å²) in [6.45, 7) is 3.65. The fourth-order valence-corrected chi connectivity index (χ4v) is 1.85. The highest BCUT2D eigenvalue weighted by Gasteiger charge is 2.22. The summed E-state index contributed by atoms with van der Waals surface area (Å²) >= 11 is 0. The average Bonchev–Trinajstić information content (AvgIpc) is 2.46. The van der Waals surface area contributed by atoms with Crippen molar-refractivity contribution in [1.29, 1.82) is 0 Å². The van der Waals surface area contributed by atoms with Crippen LogP contribution >= 0.6 is 0 Å². The van der Waals surface area contributed by atoms with E-state index in [-0.39, 0.29) is 5.91 Å². The van der Waals surface area contributed by atoms with Gasteiger partial charge in [-0.1, -0.05) is 19.1 Å². The summed E-state index contributed by atoms with van der Waals surface area (Å²) in [6, 6.07) is 6.69. The highest BCUT2D eigenvalue weighted by Crippen LogP contribution is 2.23. The minimum atomic E-state index is -0.876. The highest BCUT2D eigenvalue weighted by molar-refractivity contribution is 5.95. The number of hydrogen-bond donors (Lipinski definition) is 2. The molecule has 0 aromatic heterocycles. The molecule has 6 heteroatoms. The SMILES string of the molecule is COc1ccccc1NC(=O)C(C)N(C)CC(C)C(=O)O. The first-order valence-electron chi connectivity index (χ1n) is 6.73. The molecule has 6 nitrogen and oxygen atoms in total. The van der Waals surface area contributed by atoms with Crippen LogP contribution in [0.2, 0.25) is 0 Å². The summed E-state index contributed by atoms with van der Waals surface area (Å²) in [4.78, 5) is 24.8. The molecule has 0 bridgehead atoms. The smallest absolute Gasteiger partial charge is 0.307 e. The van der Waals surface area contributed by atoms with Gasteiger partial charge >= 0.3 is 5.97 Å². The van der Waals surface area contributed by atoms with Gasteiger partial charge in [-0.2, -0.15) is 0 Å². The maximum absolute atomic E-state index is 12.2. The Balaban J connectivity index is 2.68. The van der Waals surface area contributed by atoms with E-state index in [0.29, 0.717) is 18.0 Å². The Morgan fingerprint density at radius 2 is 1.95 bits per heavy atom. The number of para-hydroxylation sites is 2. The van der Waals surface area contributed by atoms with Crippen molar-refractivity contribution in [3.63, 3.8) is 0 Å². The van der Waals surface area contributed by atoms with Crippen LogP contribution in [0.4, 0.5) is 5.69 Å². The van der Waals surface area contributed by atoms with E-state index < -0.39 is 17.9 Å². The van der Waals surface area contributed by atoms with Gasteiger partial charge in [0.1, 0.15) is 5.75 Å². The van der Waals surface area contributed by atoms with Gasteiger partial charge in [-0.15, -0.1) is 0 Å². The van der Waals surface area contributed by atoms with Gasteiger partial charge in [0.25, 0.3) is 0 Å². The van der Waals surface area contributed by atoms with Gasteiger partial charge in [-0.25, -0.2) is 0 Å². The second-order valence-corrected chi connectivity index (χ2v) is 5.04. The third-order valence-electron chi connectivity index (χ3n) is 3.39. The molecular weight excluding hydrogens is 272 g/mol. The molecule has 1 aromatic carbocycles. The van der Waals surface area contributed by atoms with E-state index in [1.54, 1.807) is 44.0 Å². The molecule has 2 unspecified atom stereocenters. The monoisotopic (exact) mass is 294 g/mol. The van der Waals surface area contributed by atoms with E-state index in [4.69, 9.17) is 9.84 Å². The van der Waals surface area contributed by atoms with Crippen LogP contribution in [0.25, 0.3) is 0 Å². The summed E-state index contributed by atoms with van der Waals surface area (Å²) in [6.07, 6.45) is 0. The number of ether oxygens (including phenoxy) is 1. The number of carbonyl (C=O) groups excluding carboxylic acids is 1. The summed E-state index contributed by atoms with van der Waals surface area (Å²) in [5, 5.41) is 11.7. The van der Waals surface area contributed by atoms with Crippen molar-refractivity contribution in [3.05, 3.63) is 24.3 Å². The number of carboxylic acid groups (broad SMARTS) is 1. The molecule has 0 spiro atoms. The van der Waals surface area contributed by atoms with Crippen LogP contribution in [0.5, 0.6) is 5.75 Å². The van der Waals surface area contributed by atoms with Gasteiger partial charge in [-0.05, 0) is 26.1 Å². The van der Waals surface area contributed by atoms with Gasteiger partial charge in [0.2, 0.25) is 5.91 Å². The molecule has 1 rings (SSSR count). The van der Waals surface area contributed by atoms with Gasteiger partial charge < -0.3 is 15.2 Å². The predicted molar refractivity (Wildman–Crippen MR) is 80.5 cm³/mol. The third-order valence-corrected chi connectivity index (χ3v) is 3.39. The van der Waals surface area contributed by atoms with Crippen molar-refractivity contribution in [2.45, 2.75) is 19.9 Å². The van der Waals surface area contributed by atoms with Crippen LogP contribution in [-0.4, -0.2) is 48.6 Å². The number of anilines is 1. The fourth-order valence-electron chi connectivity index (χ4n) is 1.85. The first-order chi connectivity index (χ1) is 9.86. The van der Waals surface area contributed by atoms with Gasteiger partial charge in [0, 0.05) is 6.54 Å². The highest BCUT2D eigenvalue weighted by atomic mass is 16.5. The van der Waals surface area contributed by atoms with E-state index in [2.05, 4.69) is 5.32 Å². The molecule has 116 valence electrons. The molecule has 0 heterocycles. The minimum Gasteiger partial charge on any atom is -0.495 e. The first kappa shape index (κ1) is 17.0. The first-order valence-corrected chi connectivity index (χ1v) is 6.73. The van der Waals surface area contributed by atoms with Crippen LogP contribution < -0.4 is 10.1 Å². The summed E-state index contributed by atoms with van der Waals surface area (Å²) in [5.74, 6) is -1.03. The zero-order valence-corrected chi connectivity index (χ0v) is 12.8. The fraction of sp³-hybridized carbons (Fsp3) is 0.467. The van der Waals surface area contributed by atoms with Crippen molar-refractivity contribution in [3.8, 4) is 5.75 Å². The number of methoxy groups -OCH3 is 1. The maximum atomic E-state index is 12.2. The molecule has 1 amide bonds. The number of benzene rings is 1. The van der Waals surface area contributed by atoms with E-state index in [1.165, 1.54) is 7.11 Å². The summed E-state index contributed by atoms with van der Waals surface area (Å²) < 4.78 is 5.18. The Kier molecular flexibility index (Phi) is 6.17. The number of aliphatic carboxylic acids is 1. The number of carbonyl (C=O) groups is 2. The summed E-state index contributed by atoms with van der Waals surface area (Å²) in [5.41, 5.74) is 0.594. The lowest BCUT2D eigenvalue weighted by atomic mass is 10.1. The molecule has 0 aliphatic heterocycles. The molecule has 0 aliphatic rings. The van der Waals surface area contributed by atoms with E-state index >= 15 is 0 Å². The molecule has 0 radical (unpaired) electrons. The van der Waals surface area contributed by atoms with Crippen molar-refractivity contribution in [1.82, 2.24) is 4.90 Å². The molecule has 2 atom stereocenters. The molecule has 21 heavy (non-hydrogen) atoms. The van der Waals surface area contributed by atoms with Crippen molar-refractivity contribution >= 4 is 17.6 Å². The second kappa shape index (κ2) is 7.64. The number of nitrogens with one attached hydrogen (secondary N) is 1. The molecule has 0 fully saturated rings. The molecular formula is C15H22N2O4. The Hall–Kier alpha value is -2.08. The largest absolute Gasteiger partial charge is 0.495 e. The molecule has 2 N–H and O–H groups in total. The molecule has 0 aliphatic carbocycles. The van der Waals surface area contributed by atoms with Crippen molar-refractivity contribution < 1.29 is 19.4 Å². The van der Waals surface area contributed by atoms with Gasteiger partial charge in [-0.3, -0.25) is 14.5 Å². The van der Waals surface area contributed by atoms with Crippen molar-refractivity contribution in [2.75, 3.05) is 26.0 Å². The van der Waals surface area contributed by atoms with Crippen LogP contribution in [0.15, 0.2) is 24.3 Å². The van der Waals surface area contributed by atoms with E-state index in [9.17, 15) is 9.59 Å². The minimum absolute atomic E-state index is 0.209. The molecule has 0 saturated carbocycles. The number of rotatable bonds is 7. The van der Waals surface area contributed by atoms with Crippen LogP contribution in [0.3, 0.4) is 0 Å². The standard InChI is InChI=1S/C15H22N2O4/c1-10(15(19)20)9-17(3)11(2)14(18)16-12-7-5-6-8-13(12)21-4/h5-8,10-11H,9H2,1-4H3,(H,16,18)(H,19,20). The number of nitrogens with zero attached hydrogens (tertiary/aromatic N) is 1. The summed E-state index contributed by atoms with van der Waals surface area (Å²) in [7, 11) is 3.26. The second-order valence-electron chi connectivity index (χ2n) is 5.04. The maximum Gasteiger partial charge on any atom is 0.307 e. The van der Waals surface area contributed by atoms with Crippen LogP contribution in [0, 0.1) is 5.92 Å². The molecule has 0 saturated heterocycles. The molecule has 1 aromatic rings. The zero-order chi connectivity index (χ0) is 16.0. The van der Waals surface area contributed by atoms with E-state index in [1.807, 2.05) is 6.07 Å². The number of hydrogen-bond acceptors (Lipinski definition) is 4. The zero-order valence-electron chi connectivity index (χ0n) is 12.8.